The molecule has 5 heteroatoms. The maximum atomic E-state index is 10.9. The Labute approximate surface area is 99.5 Å². The van der Waals surface area contributed by atoms with Gasteiger partial charge in [0.05, 0.1) is 17.4 Å². The normalized spacial score (nSPS) is 12.1. The molecule has 1 atom stereocenters. The average Bonchev–Trinajstić information content (AvgIpc) is 2.27. The standard InChI is InChI=1S/C11H16N2O2S/c1-8(7-16-2)5-13-10-6-12-4-3-9(10)11(14)15/h3-4,6,8,13H,5,7H2,1-2H3,(H,14,15). The minimum atomic E-state index is -0.928. The van der Waals surface area contributed by atoms with Gasteiger partial charge in [0.1, 0.15) is 0 Å². The lowest BCUT2D eigenvalue weighted by atomic mass is 10.2. The second-order valence-electron chi connectivity index (χ2n) is 3.67. The molecule has 4 nitrogen and oxygen atoms in total. The summed E-state index contributed by atoms with van der Waals surface area (Å²) in [6, 6.07) is 1.50. The number of anilines is 1. The Bertz CT molecular complexity index is 358. The third-order valence-electron chi connectivity index (χ3n) is 2.14. The third-order valence-corrected chi connectivity index (χ3v) is 3.05. The van der Waals surface area contributed by atoms with Gasteiger partial charge in [0.15, 0.2) is 0 Å². The zero-order valence-corrected chi connectivity index (χ0v) is 10.3. The third kappa shape index (κ3) is 3.73. The number of aromatic carboxylic acids is 1. The molecular weight excluding hydrogens is 224 g/mol. The van der Waals surface area contributed by atoms with Crippen LogP contribution in [-0.2, 0) is 0 Å². The highest BCUT2D eigenvalue weighted by Gasteiger charge is 2.10. The number of hydrogen-bond donors (Lipinski definition) is 2. The van der Waals surface area contributed by atoms with Gasteiger partial charge in [-0.05, 0) is 24.0 Å². The zero-order chi connectivity index (χ0) is 12.0. The summed E-state index contributed by atoms with van der Waals surface area (Å²) in [4.78, 5) is 14.8. The van der Waals surface area contributed by atoms with Crippen LogP contribution in [0, 0.1) is 5.92 Å². The predicted molar refractivity (Wildman–Crippen MR) is 67.2 cm³/mol. The molecule has 1 heterocycles. The van der Waals surface area contributed by atoms with Crippen LogP contribution >= 0.6 is 11.8 Å². The Morgan fingerprint density at radius 3 is 3.06 bits per heavy atom. The van der Waals surface area contributed by atoms with Crippen molar-refractivity contribution in [2.24, 2.45) is 5.92 Å². The smallest absolute Gasteiger partial charge is 0.337 e. The van der Waals surface area contributed by atoms with Gasteiger partial charge in [0.25, 0.3) is 0 Å². The number of carbonyl (C=O) groups is 1. The molecule has 0 bridgehead atoms. The zero-order valence-electron chi connectivity index (χ0n) is 9.43. The molecule has 0 saturated heterocycles. The Morgan fingerprint density at radius 1 is 1.69 bits per heavy atom. The summed E-state index contributed by atoms with van der Waals surface area (Å²) >= 11 is 1.78. The molecule has 88 valence electrons. The van der Waals surface area contributed by atoms with Crippen molar-refractivity contribution >= 4 is 23.4 Å². The maximum absolute atomic E-state index is 10.9. The van der Waals surface area contributed by atoms with Crippen molar-refractivity contribution in [3.8, 4) is 0 Å². The number of rotatable bonds is 6. The Morgan fingerprint density at radius 2 is 2.44 bits per heavy atom. The Balaban J connectivity index is 2.63. The molecule has 0 radical (unpaired) electrons. The van der Waals surface area contributed by atoms with E-state index in [2.05, 4.69) is 23.5 Å². The highest BCUT2D eigenvalue weighted by Crippen LogP contribution is 2.14. The van der Waals surface area contributed by atoms with Crippen LogP contribution in [0.15, 0.2) is 18.5 Å². The van der Waals surface area contributed by atoms with Crippen molar-refractivity contribution in [3.63, 3.8) is 0 Å². The fraction of sp³-hybridized carbons (Fsp3) is 0.455. The van der Waals surface area contributed by atoms with Crippen molar-refractivity contribution in [1.82, 2.24) is 4.98 Å². The molecule has 2 N–H and O–H groups in total. The van der Waals surface area contributed by atoms with E-state index in [4.69, 9.17) is 5.11 Å². The molecule has 16 heavy (non-hydrogen) atoms. The van der Waals surface area contributed by atoms with E-state index in [-0.39, 0.29) is 5.56 Å². The van der Waals surface area contributed by atoms with Crippen molar-refractivity contribution in [2.45, 2.75) is 6.92 Å². The van der Waals surface area contributed by atoms with E-state index in [1.54, 1.807) is 18.0 Å². The molecule has 1 rings (SSSR count). The SMILES string of the molecule is CSCC(C)CNc1cnccc1C(=O)O. The number of nitrogens with zero attached hydrogens (tertiary/aromatic N) is 1. The summed E-state index contributed by atoms with van der Waals surface area (Å²) in [5, 5.41) is 12.1. The van der Waals surface area contributed by atoms with Crippen molar-refractivity contribution < 1.29 is 9.90 Å². The number of thioether (sulfide) groups is 1. The van der Waals surface area contributed by atoms with Crippen LogP contribution in [0.3, 0.4) is 0 Å². The second kappa shape index (κ2) is 6.37. The van der Waals surface area contributed by atoms with Gasteiger partial charge in [-0.2, -0.15) is 11.8 Å². The summed E-state index contributed by atoms with van der Waals surface area (Å²) in [6.07, 6.45) is 5.10. The molecule has 0 aromatic carbocycles. The predicted octanol–water partition coefficient (Wildman–Crippen LogP) is 2.19. The fourth-order valence-electron chi connectivity index (χ4n) is 1.35. The van der Waals surface area contributed by atoms with Crippen LogP contribution in [0.1, 0.15) is 17.3 Å². The van der Waals surface area contributed by atoms with Crippen LogP contribution < -0.4 is 5.32 Å². The van der Waals surface area contributed by atoms with E-state index >= 15 is 0 Å². The molecule has 1 aromatic rings. The summed E-state index contributed by atoms with van der Waals surface area (Å²) in [5.74, 6) is 0.620. The molecule has 0 spiro atoms. The molecule has 1 unspecified atom stereocenters. The maximum Gasteiger partial charge on any atom is 0.337 e. The summed E-state index contributed by atoms with van der Waals surface area (Å²) in [5.41, 5.74) is 0.856. The first-order chi connectivity index (χ1) is 7.65. The number of pyridine rings is 1. The van der Waals surface area contributed by atoms with E-state index in [0.717, 1.165) is 12.3 Å². The molecular formula is C11H16N2O2S. The number of hydrogen-bond acceptors (Lipinski definition) is 4. The van der Waals surface area contributed by atoms with E-state index in [0.29, 0.717) is 11.6 Å². The lowest BCUT2D eigenvalue weighted by Gasteiger charge is -2.13. The average molecular weight is 240 g/mol. The number of aromatic nitrogens is 1. The van der Waals surface area contributed by atoms with E-state index in [1.165, 1.54) is 12.3 Å². The van der Waals surface area contributed by atoms with Crippen molar-refractivity contribution in [3.05, 3.63) is 24.0 Å². The molecule has 0 aliphatic carbocycles. The second-order valence-corrected chi connectivity index (χ2v) is 4.58. The van der Waals surface area contributed by atoms with E-state index in [9.17, 15) is 4.79 Å². The Kier molecular flexibility index (Phi) is 5.11. The quantitative estimate of drug-likeness (QED) is 0.798. The summed E-state index contributed by atoms with van der Waals surface area (Å²) in [7, 11) is 0. The van der Waals surface area contributed by atoms with Crippen molar-refractivity contribution in [2.75, 3.05) is 23.9 Å². The first-order valence-corrected chi connectivity index (χ1v) is 6.44. The van der Waals surface area contributed by atoms with Gasteiger partial charge in [-0.15, -0.1) is 0 Å². The molecule has 0 amide bonds. The van der Waals surface area contributed by atoms with Gasteiger partial charge >= 0.3 is 5.97 Å². The first-order valence-electron chi connectivity index (χ1n) is 5.05. The summed E-state index contributed by atoms with van der Waals surface area (Å²) < 4.78 is 0. The van der Waals surface area contributed by atoms with Gasteiger partial charge in [-0.3, -0.25) is 4.98 Å². The van der Waals surface area contributed by atoms with Gasteiger partial charge < -0.3 is 10.4 Å². The van der Waals surface area contributed by atoms with Crippen LogP contribution in [-0.4, -0.2) is 34.6 Å². The number of carboxylic acid groups (broad SMARTS) is 1. The molecule has 0 saturated carbocycles. The van der Waals surface area contributed by atoms with Crippen molar-refractivity contribution in [1.29, 1.82) is 0 Å². The van der Waals surface area contributed by atoms with Crippen LogP contribution in [0.4, 0.5) is 5.69 Å². The summed E-state index contributed by atoms with van der Waals surface area (Å²) in [6.45, 7) is 2.88. The van der Waals surface area contributed by atoms with Gasteiger partial charge in [0, 0.05) is 12.7 Å². The lowest BCUT2D eigenvalue weighted by molar-refractivity contribution is 0.0698. The van der Waals surface area contributed by atoms with Gasteiger partial charge in [0.2, 0.25) is 0 Å². The minimum absolute atomic E-state index is 0.270. The monoisotopic (exact) mass is 240 g/mol. The molecule has 0 aliphatic rings. The van der Waals surface area contributed by atoms with E-state index in [1.807, 2.05) is 0 Å². The number of nitrogens with one attached hydrogen (secondary N) is 1. The fourth-order valence-corrected chi connectivity index (χ4v) is 2.04. The lowest BCUT2D eigenvalue weighted by Crippen LogP contribution is -2.15. The molecule has 0 aliphatic heterocycles. The topological polar surface area (TPSA) is 62.2 Å². The Hall–Kier alpha value is -1.23. The highest BCUT2D eigenvalue weighted by molar-refractivity contribution is 7.98. The van der Waals surface area contributed by atoms with Crippen LogP contribution in [0.25, 0.3) is 0 Å². The van der Waals surface area contributed by atoms with Crippen LogP contribution in [0.5, 0.6) is 0 Å². The number of carboxylic acids is 1. The minimum Gasteiger partial charge on any atom is -0.478 e. The molecule has 1 aromatic heterocycles. The van der Waals surface area contributed by atoms with Crippen LogP contribution in [0.2, 0.25) is 0 Å². The van der Waals surface area contributed by atoms with E-state index < -0.39 is 5.97 Å². The highest BCUT2D eigenvalue weighted by atomic mass is 32.2. The van der Waals surface area contributed by atoms with Gasteiger partial charge in [-0.1, -0.05) is 6.92 Å². The molecule has 0 fully saturated rings. The first kappa shape index (κ1) is 12.8. The van der Waals surface area contributed by atoms with Gasteiger partial charge in [-0.25, -0.2) is 4.79 Å². The largest absolute Gasteiger partial charge is 0.478 e.